The van der Waals surface area contributed by atoms with E-state index in [1.165, 1.54) is 0 Å². The molecule has 5 heteroatoms. The van der Waals surface area contributed by atoms with Crippen LogP contribution >= 0.6 is 0 Å². The van der Waals surface area contributed by atoms with Gasteiger partial charge in [-0.2, -0.15) is 0 Å². The third-order valence-corrected chi connectivity index (χ3v) is 2.94. The Morgan fingerprint density at radius 2 is 2.41 bits per heavy atom. The average Bonchev–Trinajstić information content (AvgIpc) is 2.47. The molecule has 1 aliphatic heterocycles. The van der Waals surface area contributed by atoms with Crippen LogP contribution in [0.3, 0.4) is 0 Å². The maximum absolute atomic E-state index is 13.3. The van der Waals surface area contributed by atoms with Crippen LogP contribution in [0.25, 0.3) is 0 Å². The molecule has 0 bridgehead atoms. The molecule has 17 heavy (non-hydrogen) atoms. The van der Waals surface area contributed by atoms with Gasteiger partial charge in [-0.1, -0.05) is 19.4 Å². The minimum atomic E-state index is -1.05. The first-order valence-electron chi connectivity index (χ1n) is 6.28. The van der Waals surface area contributed by atoms with Crippen molar-refractivity contribution in [3.63, 3.8) is 0 Å². The van der Waals surface area contributed by atoms with Gasteiger partial charge < -0.3 is 15.8 Å². The van der Waals surface area contributed by atoms with Crippen molar-refractivity contribution in [1.29, 1.82) is 0 Å². The highest BCUT2D eigenvalue weighted by Crippen LogP contribution is 2.09. The number of halogens is 1. The van der Waals surface area contributed by atoms with E-state index in [0.717, 1.165) is 12.8 Å². The molecule has 1 heterocycles. The van der Waals surface area contributed by atoms with E-state index >= 15 is 0 Å². The lowest BCUT2D eigenvalue weighted by Crippen LogP contribution is -2.49. The zero-order valence-electron chi connectivity index (χ0n) is 10.7. The second-order valence-corrected chi connectivity index (χ2v) is 4.40. The minimum Gasteiger partial charge on any atom is -0.358 e. The number of alkyl halides is 1. The SMILES string of the molecule is CCC[C@H](CO[C@@H]1C=CC[C@H](F)[C@H](N)N1)NC. The minimum absolute atomic E-state index is 0.293. The van der Waals surface area contributed by atoms with Crippen molar-refractivity contribution in [3.05, 3.63) is 12.2 Å². The maximum Gasteiger partial charge on any atom is 0.132 e. The Bertz CT molecular complexity index is 238. The molecule has 0 amide bonds. The van der Waals surface area contributed by atoms with Gasteiger partial charge in [-0.15, -0.1) is 0 Å². The molecular weight excluding hydrogens is 221 g/mol. The van der Waals surface area contributed by atoms with Crippen molar-refractivity contribution in [2.75, 3.05) is 13.7 Å². The van der Waals surface area contributed by atoms with Gasteiger partial charge in [0, 0.05) is 6.04 Å². The zero-order chi connectivity index (χ0) is 12.7. The van der Waals surface area contributed by atoms with Gasteiger partial charge in [0.15, 0.2) is 0 Å². The van der Waals surface area contributed by atoms with Crippen molar-refractivity contribution in [1.82, 2.24) is 10.6 Å². The number of allylic oxidation sites excluding steroid dienone is 1. The summed E-state index contributed by atoms with van der Waals surface area (Å²) >= 11 is 0. The van der Waals surface area contributed by atoms with Crippen molar-refractivity contribution in [3.8, 4) is 0 Å². The quantitative estimate of drug-likeness (QED) is 0.608. The largest absolute Gasteiger partial charge is 0.358 e. The molecular formula is C12H24FN3O. The van der Waals surface area contributed by atoms with Crippen LogP contribution in [-0.4, -0.2) is 38.3 Å². The average molecular weight is 245 g/mol. The van der Waals surface area contributed by atoms with E-state index in [4.69, 9.17) is 10.5 Å². The third kappa shape index (κ3) is 5.12. The van der Waals surface area contributed by atoms with E-state index < -0.39 is 12.3 Å². The molecule has 0 unspecified atom stereocenters. The summed E-state index contributed by atoms with van der Waals surface area (Å²) in [6.07, 6.45) is 4.13. The van der Waals surface area contributed by atoms with Crippen LogP contribution in [0.1, 0.15) is 26.2 Å². The third-order valence-electron chi connectivity index (χ3n) is 2.94. The van der Waals surface area contributed by atoms with E-state index in [0.29, 0.717) is 19.1 Å². The molecule has 0 aliphatic carbocycles. The maximum atomic E-state index is 13.3. The number of ether oxygens (including phenoxy) is 1. The van der Waals surface area contributed by atoms with Gasteiger partial charge in [0.05, 0.1) is 12.8 Å². The predicted octanol–water partition coefficient (Wildman–Crippen LogP) is 0.890. The second kappa shape index (κ2) is 7.76. The van der Waals surface area contributed by atoms with Crippen molar-refractivity contribution in [2.45, 2.75) is 50.8 Å². The number of hydrogen-bond donors (Lipinski definition) is 3. The molecule has 0 aromatic heterocycles. The lowest BCUT2D eigenvalue weighted by atomic mass is 10.2. The summed E-state index contributed by atoms with van der Waals surface area (Å²) in [6.45, 7) is 2.73. The van der Waals surface area contributed by atoms with Crippen molar-refractivity contribution >= 4 is 0 Å². The van der Waals surface area contributed by atoms with Crippen LogP contribution in [0.2, 0.25) is 0 Å². The molecule has 4 atom stereocenters. The molecule has 1 rings (SSSR count). The Hall–Kier alpha value is -0.490. The normalized spacial score (nSPS) is 31.2. The van der Waals surface area contributed by atoms with E-state index in [2.05, 4.69) is 17.6 Å². The van der Waals surface area contributed by atoms with Gasteiger partial charge >= 0.3 is 0 Å². The molecule has 0 saturated carbocycles. The number of likely N-dealkylation sites (N-methyl/N-ethyl adjacent to an activating group) is 1. The summed E-state index contributed by atoms with van der Waals surface area (Å²) in [5.41, 5.74) is 5.64. The molecule has 0 saturated heterocycles. The van der Waals surface area contributed by atoms with Crippen LogP contribution in [0, 0.1) is 0 Å². The first-order chi connectivity index (χ1) is 8.17. The highest BCUT2D eigenvalue weighted by molar-refractivity contribution is 4.96. The molecule has 0 fully saturated rings. The topological polar surface area (TPSA) is 59.3 Å². The fraction of sp³-hybridized carbons (Fsp3) is 0.833. The highest BCUT2D eigenvalue weighted by Gasteiger charge is 2.22. The summed E-state index contributed by atoms with van der Waals surface area (Å²) in [6, 6.07) is 0.329. The van der Waals surface area contributed by atoms with Crippen LogP contribution in [0.5, 0.6) is 0 Å². The van der Waals surface area contributed by atoms with Crippen molar-refractivity contribution < 1.29 is 9.13 Å². The smallest absolute Gasteiger partial charge is 0.132 e. The molecule has 0 aromatic rings. The Morgan fingerprint density at radius 3 is 3.06 bits per heavy atom. The molecule has 0 spiro atoms. The van der Waals surface area contributed by atoms with Crippen LogP contribution in [0.4, 0.5) is 4.39 Å². The van der Waals surface area contributed by atoms with Crippen LogP contribution in [-0.2, 0) is 4.74 Å². The van der Waals surface area contributed by atoms with Gasteiger partial charge in [-0.25, -0.2) is 4.39 Å². The fourth-order valence-electron chi connectivity index (χ4n) is 1.81. The lowest BCUT2D eigenvalue weighted by Gasteiger charge is -2.23. The van der Waals surface area contributed by atoms with E-state index in [1.54, 1.807) is 6.08 Å². The second-order valence-electron chi connectivity index (χ2n) is 4.40. The van der Waals surface area contributed by atoms with Gasteiger partial charge in [-0.3, -0.25) is 5.32 Å². The number of hydrogen-bond acceptors (Lipinski definition) is 4. The van der Waals surface area contributed by atoms with E-state index in [1.807, 2.05) is 13.1 Å². The van der Waals surface area contributed by atoms with Gasteiger partial charge in [0.1, 0.15) is 12.4 Å². The number of nitrogens with one attached hydrogen (secondary N) is 2. The van der Waals surface area contributed by atoms with E-state index in [9.17, 15) is 4.39 Å². The fourth-order valence-corrected chi connectivity index (χ4v) is 1.81. The molecule has 0 radical (unpaired) electrons. The Morgan fingerprint density at radius 1 is 1.65 bits per heavy atom. The summed E-state index contributed by atoms with van der Waals surface area (Å²) in [5, 5.41) is 6.11. The first kappa shape index (κ1) is 14.6. The first-order valence-corrected chi connectivity index (χ1v) is 6.28. The molecule has 4 N–H and O–H groups in total. The molecule has 4 nitrogen and oxygen atoms in total. The number of rotatable bonds is 6. The zero-order valence-corrected chi connectivity index (χ0v) is 10.7. The Labute approximate surface area is 103 Å². The highest BCUT2D eigenvalue weighted by atomic mass is 19.1. The van der Waals surface area contributed by atoms with Crippen LogP contribution < -0.4 is 16.4 Å². The predicted molar refractivity (Wildman–Crippen MR) is 67.3 cm³/mol. The summed E-state index contributed by atoms with van der Waals surface area (Å²) in [7, 11) is 1.92. The van der Waals surface area contributed by atoms with E-state index in [-0.39, 0.29) is 6.23 Å². The number of nitrogens with two attached hydrogens (primary N) is 1. The molecule has 100 valence electrons. The molecule has 0 aromatic carbocycles. The van der Waals surface area contributed by atoms with Crippen molar-refractivity contribution in [2.24, 2.45) is 5.73 Å². The summed E-state index contributed by atoms with van der Waals surface area (Å²) < 4.78 is 19.0. The summed E-state index contributed by atoms with van der Waals surface area (Å²) in [5.74, 6) is 0. The van der Waals surface area contributed by atoms with Gasteiger partial charge in [-0.05, 0) is 26.0 Å². The van der Waals surface area contributed by atoms with Crippen LogP contribution in [0.15, 0.2) is 12.2 Å². The monoisotopic (exact) mass is 245 g/mol. The standard InChI is InChI=1S/C12H24FN3O/c1-3-5-9(15-2)8-17-11-7-4-6-10(13)12(14)16-11/h4,7,9-12,15-16H,3,5-6,8,14H2,1-2H3/t9-,10+,11-,12-/m1/s1. The lowest BCUT2D eigenvalue weighted by molar-refractivity contribution is 0.0341. The molecule has 1 aliphatic rings. The summed E-state index contributed by atoms with van der Waals surface area (Å²) in [4.78, 5) is 0. The van der Waals surface area contributed by atoms with Gasteiger partial charge in [0.2, 0.25) is 0 Å². The Balaban J connectivity index is 2.35. The Kier molecular flexibility index (Phi) is 6.65. The van der Waals surface area contributed by atoms with Gasteiger partial charge in [0.25, 0.3) is 0 Å².